The molecule has 0 aliphatic heterocycles. The van der Waals surface area contributed by atoms with Gasteiger partial charge in [0.1, 0.15) is 0 Å². The van der Waals surface area contributed by atoms with E-state index < -0.39 is 0 Å². The van der Waals surface area contributed by atoms with Crippen LogP contribution in [0.15, 0.2) is 24.3 Å². The van der Waals surface area contributed by atoms with Crippen LogP contribution in [0.25, 0.3) is 0 Å². The smallest absolute Gasteiger partial charge is 0.0628 e. The molecular weight excluding hydrogens is 170 g/mol. The lowest BCUT2D eigenvalue weighted by molar-refractivity contribution is 0.789. The van der Waals surface area contributed by atoms with Gasteiger partial charge in [0.25, 0.3) is 0 Å². The van der Waals surface area contributed by atoms with Gasteiger partial charge in [0.05, 0.1) is 6.07 Å². The largest absolute Gasteiger partial charge is 0.198 e. The number of halogens is 1. The molecule has 1 rings (SSSR count). The maximum atomic E-state index is 8.48. The van der Waals surface area contributed by atoms with Crippen LogP contribution < -0.4 is 0 Å². The zero-order chi connectivity index (χ0) is 8.97. The summed E-state index contributed by atoms with van der Waals surface area (Å²) in [6, 6.07) is 9.79. The van der Waals surface area contributed by atoms with Crippen molar-refractivity contribution in [3.8, 4) is 6.07 Å². The normalized spacial score (nSPS) is 12.1. The highest BCUT2D eigenvalue weighted by atomic mass is 35.5. The molecule has 1 nitrogen and oxygen atoms in total. The van der Waals surface area contributed by atoms with Gasteiger partial charge >= 0.3 is 0 Å². The van der Waals surface area contributed by atoms with Crippen molar-refractivity contribution < 1.29 is 0 Å². The highest BCUT2D eigenvalue weighted by Gasteiger charge is 2.03. The first-order chi connectivity index (χ1) is 5.74. The quantitative estimate of drug-likeness (QED) is 0.683. The van der Waals surface area contributed by atoms with Gasteiger partial charge in [-0.3, -0.25) is 0 Å². The van der Waals surface area contributed by atoms with Gasteiger partial charge in [0, 0.05) is 11.4 Å². The topological polar surface area (TPSA) is 23.8 Å². The Balaban J connectivity index is 2.82. The van der Waals surface area contributed by atoms with Crippen molar-refractivity contribution in [2.45, 2.75) is 19.3 Å². The van der Waals surface area contributed by atoms with Crippen LogP contribution in [-0.2, 0) is 0 Å². The van der Waals surface area contributed by atoms with Crippen LogP contribution >= 0.6 is 11.6 Å². The summed E-state index contributed by atoms with van der Waals surface area (Å²) in [6.45, 7) is 2.02. The molecule has 0 heterocycles. The Morgan fingerprint density at radius 2 is 2.33 bits per heavy atom. The molecule has 1 aromatic rings. The predicted molar refractivity (Wildman–Crippen MR) is 50.1 cm³/mol. The second-order valence-corrected chi connectivity index (χ2v) is 3.25. The summed E-state index contributed by atoms with van der Waals surface area (Å²) >= 11 is 5.81. The monoisotopic (exact) mass is 179 g/mol. The Morgan fingerprint density at radius 1 is 1.58 bits per heavy atom. The van der Waals surface area contributed by atoms with Crippen LogP contribution in [0.2, 0.25) is 5.02 Å². The fourth-order valence-corrected chi connectivity index (χ4v) is 1.27. The third-order valence-electron chi connectivity index (χ3n) is 1.82. The molecule has 0 aliphatic rings. The molecule has 1 aromatic carbocycles. The van der Waals surface area contributed by atoms with Crippen molar-refractivity contribution in [3.05, 3.63) is 34.9 Å². The maximum Gasteiger partial charge on any atom is 0.0628 e. The van der Waals surface area contributed by atoms with E-state index in [-0.39, 0.29) is 5.92 Å². The fourth-order valence-electron chi connectivity index (χ4n) is 1.07. The van der Waals surface area contributed by atoms with E-state index in [1.807, 2.05) is 31.2 Å². The van der Waals surface area contributed by atoms with Crippen LogP contribution in [0.1, 0.15) is 24.8 Å². The predicted octanol–water partition coefficient (Wildman–Crippen LogP) is 3.36. The first kappa shape index (κ1) is 9.09. The first-order valence-corrected chi connectivity index (χ1v) is 4.24. The number of benzene rings is 1. The fraction of sp³-hybridized carbons (Fsp3) is 0.300. The lowest BCUT2D eigenvalue weighted by Gasteiger charge is -2.06. The van der Waals surface area contributed by atoms with Crippen molar-refractivity contribution >= 4 is 11.6 Å². The second kappa shape index (κ2) is 4.13. The van der Waals surface area contributed by atoms with E-state index in [0.29, 0.717) is 6.42 Å². The molecule has 0 aromatic heterocycles. The lowest BCUT2D eigenvalue weighted by atomic mass is 9.99. The van der Waals surface area contributed by atoms with E-state index >= 15 is 0 Å². The molecule has 0 saturated carbocycles. The summed E-state index contributed by atoms with van der Waals surface area (Å²) in [4.78, 5) is 0. The van der Waals surface area contributed by atoms with Crippen molar-refractivity contribution in [1.29, 1.82) is 5.26 Å². The minimum Gasteiger partial charge on any atom is -0.198 e. The summed E-state index contributed by atoms with van der Waals surface area (Å²) in [7, 11) is 0. The molecule has 0 aliphatic carbocycles. The van der Waals surface area contributed by atoms with E-state index in [4.69, 9.17) is 16.9 Å². The molecule has 0 amide bonds. The van der Waals surface area contributed by atoms with Crippen LogP contribution in [-0.4, -0.2) is 0 Å². The van der Waals surface area contributed by atoms with Crippen LogP contribution in [0.4, 0.5) is 0 Å². The van der Waals surface area contributed by atoms with Gasteiger partial charge in [0.15, 0.2) is 0 Å². The molecule has 0 N–H and O–H groups in total. The number of hydrogen-bond acceptors (Lipinski definition) is 1. The number of rotatable bonds is 2. The van der Waals surface area contributed by atoms with Crippen molar-refractivity contribution in [2.75, 3.05) is 0 Å². The standard InChI is InChI=1S/C10H10ClN/c1-8(5-6-12)9-3-2-4-10(11)7-9/h2-4,7-8H,5H2,1H3. The van der Waals surface area contributed by atoms with Crippen LogP contribution in [0.5, 0.6) is 0 Å². The van der Waals surface area contributed by atoms with Crippen LogP contribution in [0.3, 0.4) is 0 Å². The third kappa shape index (κ3) is 2.25. The maximum absolute atomic E-state index is 8.48. The second-order valence-electron chi connectivity index (χ2n) is 2.82. The molecule has 62 valence electrons. The van der Waals surface area contributed by atoms with Gasteiger partial charge in [-0.25, -0.2) is 0 Å². The Hall–Kier alpha value is -1.00. The van der Waals surface area contributed by atoms with Gasteiger partial charge in [-0.05, 0) is 23.6 Å². The van der Waals surface area contributed by atoms with Gasteiger partial charge in [-0.1, -0.05) is 30.7 Å². The summed E-state index contributed by atoms with van der Waals surface area (Å²) in [5, 5.41) is 9.22. The first-order valence-electron chi connectivity index (χ1n) is 3.86. The Kier molecular flexibility index (Phi) is 3.13. The Morgan fingerprint density at radius 3 is 2.92 bits per heavy atom. The minimum absolute atomic E-state index is 0.272. The summed E-state index contributed by atoms with van der Waals surface area (Å²) in [5.41, 5.74) is 1.13. The molecular formula is C10H10ClN. The Bertz CT molecular complexity index is 301. The van der Waals surface area contributed by atoms with Crippen molar-refractivity contribution in [3.63, 3.8) is 0 Å². The lowest BCUT2D eigenvalue weighted by Crippen LogP contribution is -1.90. The Labute approximate surface area is 77.6 Å². The van der Waals surface area contributed by atoms with Crippen LogP contribution in [0, 0.1) is 11.3 Å². The third-order valence-corrected chi connectivity index (χ3v) is 2.05. The average molecular weight is 180 g/mol. The van der Waals surface area contributed by atoms with E-state index in [1.54, 1.807) is 0 Å². The highest BCUT2D eigenvalue weighted by Crippen LogP contribution is 2.21. The highest BCUT2D eigenvalue weighted by molar-refractivity contribution is 6.30. The van der Waals surface area contributed by atoms with E-state index in [2.05, 4.69) is 6.07 Å². The molecule has 12 heavy (non-hydrogen) atoms. The zero-order valence-corrected chi connectivity index (χ0v) is 7.67. The summed E-state index contributed by atoms with van der Waals surface area (Å²) in [5.74, 6) is 0.272. The molecule has 0 bridgehead atoms. The zero-order valence-electron chi connectivity index (χ0n) is 6.92. The summed E-state index contributed by atoms with van der Waals surface area (Å²) < 4.78 is 0. The number of nitriles is 1. The van der Waals surface area contributed by atoms with Gasteiger partial charge in [-0.15, -0.1) is 0 Å². The van der Waals surface area contributed by atoms with E-state index in [0.717, 1.165) is 10.6 Å². The molecule has 0 fully saturated rings. The molecule has 2 heteroatoms. The molecule has 1 unspecified atom stereocenters. The number of nitrogens with zero attached hydrogens (tertiary/aromatic N) is 1. The molecule has 0 radical (unpaired) electrons. The van der Waals surface area contributed by atoms with Crippen molar-refractivity contribution in [2.24, 2.45) is 0 Å². The van der Waals surface area contributed by atoms with Gasteiger partial charge in [-0.2, -0.15) is 5.26 Å². The van der Waals surface area contributed by atoms with E-state index in [1.165, 1.54) is 0 Å². The molecule has 1 atom stereocenters. The SMILES string of the molecule is CC(CC#N)c1cccc(Cl)c1. The number of hydrogen-bond donors (Lipinski definition) is 0. The molecule has 0 spiro atoms. The summed E-state index contributed by atoms with van der Waals surface area (Å²) in [6.07, 6.45) is 0.542. The average Bonchev–Trinajstić information content (AvgIpc) is 2.05. The van der Waals surface area contributed by atoms with Gasteiger partial charge < -0.3 is 0 Å². The van der Waals surface area contributed by atoms with E-state index in [9.17, 15) is 0 Å². The van der Waals surface area contributed by atoms with Gasteiger partial charge in [0.2, 0.25) is 0 Å². The minimum atomic E-state index is 0.272. The molecule has 0 saturated heterocycles. The van der Waals surface area contributed by atoms with Crippen molar-refractivity contribution in [1.82, 2.24) is 0 Å².